The summed E-state index contributed by atoms with van der Waals surface area (Å²) in [5, 5.41) is 3.39. The van der Waals surface area contributed by atoms with Crippen LogP contribution in [0.2, 0.25) is 0 Å². The lowest BCUT2D eigenvalue weighted by Crippen LogP contribution is -2.38. The van der Waals surface area contributed by atoms with Gasteiger partial charge in [-0.25, -0.2) is 4.57 Å². The Bertz CT molecular complexity index is 370. The highest BCUT2D eigenvalue weighted by Crippen LogP contribution is 2.44. The summed E-state index contributed by atoms with van der Waals surface area (Å²) >= 11 is 0. The molecule has 10 heteroatoms. The molecule has 1 amide bonds. The van der Waals surface area contributed by atoms with Gasteiger partial charge in [0.25, 0.3) is 0 Å². The Labute approximate surface area is 105 Å². The molecule has 0 aromatic rings. The van der Waals surface area contributed by atoms with Crippen LogP contribution in [-0.2, 0) is 9.09 Å². The van der Waals surface area contributed by atoms with Crippen molar-refractivity contribution in [1.29, 1.82) is 0 Å². The van der Waals surface area contributed by atoms with E-state index in [0.29, 0.717) is 0 Å². The van der Waals surface area contributed by atoms with Crippen molar-refractivity contribution in [2.45, 2.75) is 19.9 Å². The molecule has 0 radical (unpaired) electrons. The van der Waals surface area contributed by atoms with Crippen molar-refractivity contribution >= 4 is 13.2 Å². The van der Waals surface area contributed by atoms with Crippen LogP contribution in [0.4, 0.5) is 4.79 Å². The van der Waals surface area contributed by atoms with Gasteiger partial charge in [0.05, 0.1) is 12.6 Å². The van der Waals surface area contributed by atoms with E-state index in [1.54, 1.807) is 6.92 Å². The Kier molecular flexibility index (Phi) is 7.58. The molecule has 0 aromatic carbocycles. The van der Waals surface area contributed by atoms with Gasteiger partial charge in [-0.05, 0) is 19.4 Å². The normalized spacial score (nSPS) is 15.3. The minimum atomic E-state index is -4.33. The second-order valence-electron chi connectivity index (χ2n) is 3.35. The van der Waals surface area contributed by atoms with Gasteiger partial charge in [-0.1, -0.05) is 5.11 Å². The lowest BCUT2D eigenvalue weighted by molar-refractivity contribution is 0.200. The molecule has 0 fully saturated rings. The van der Waals surface area contributed by atoms with E-state index in [2.05, 4.69) is 14.5 Å². The molecular formula is C8H18N5O4P. The van der Waals surface area contributed by atoms with E-state index in [-0.39, 0.29) is 26.2 Å². The third-order valence-corrected chi connectivity index (χ3v) is 3.49. The standard InChI is InChI=1S/C8H18N5O4P/c1-3-13(6-7(5-9)11-12-10)8(14)18(15,16)17-4-2/h7H,3-6,9H2,1-2H3,(H,15,16). The fraction of sp³-hybridized carbons (Fsp3) is 0.875. The van der Waals surface area contributed by atoms with Gasteiger partial charge in [-0.3, -0.25) is 4.79 Å². The predicted molar refractivity (Wildman–Crippen MR) is 66.1 cm³/mol. The Hall–Kier alpha value is -1.11. The molecule has 104 valence electrons. The average Bonchev–Trinajstić information content (AvgIpc) is 2.33. The molecule has 0 aliphatic heterocycles. The van der Waals surface area contributed by atoms with Crippen LogP contribution in [0.1, 0.15) is 13.8 Å². The summed E-state index contributed by atoms with van der Waals surface area (Å²) in [5.74, 6) is 0. The zero-order valence-corrected chi connectivity index (χ0v) is 11.3. The second kappa shape index (κ2) is 8.07. The van der Waals surface area contributed by atoms with E-state index in [1.165, 1.54) is 6.92 Å². The molecular weight excluding hydrogens is 261 g/mol. The van der Waals surface area contributed by atoms with Crippen molar-refractivity contribution in [2.24, 2.45) is 10.8 Å². The second-order valence-corrected chi connectivity index (χ2v) is 5.04. The van der Waals surface area contributed by atoms with E-state index in [4.69, 9.17) is 11.3 Å². The highest BCUT2D eigenvalue weighted by atomic mass is 31.2. The van der Waals surface area contributed by atoms with Gasteiger partial charge in [-0.2, -0.15) is 0 Å². The highest BCUT2D eigenvalue weighted by Gasteiger charge is 2.34. The van der Waals surface area contributed by atoms with Crippen LogP contribution >= 0.6 is 7.60 Å². The molecule has 0 bridgehead atoms. The zero-order valence-electron chi connectivity index (χ0n) is 10.4. The van der Waals surface area contributed by atoms with Gasteiger partial charge in [-0.15, -0.1) is 0 Å². The number of nitrogens with zero attached hydrogens (tertiary/aromatic N) is 4. The topological polar surface area (TPSA) is 142 Å². The first kappa shape index (κ1) is 16.9. The molecule has 0 saturated heterocycles. The minimum absolute atomic E-state index is 0.0203. The van der Waals surface area contributed by atoms with E-state index >= 15 is 0 Å². The summed E-state index contributed by atoms with van der Waals surface area (Å²) in [6.07, 6.45) is 0. The lowest BCUT2D eigenvalue weighted by Gasteiger charge is -2.25. The summed E-state index contributed by atoms with van der Waals surface area (Å²) in [7, 11) is -4.33. The molecule has 0 aromatic heterocycles. The number of amides is 1. The molecule has 2 unspecified atom stereocenters. The number of hydrogen-bond acceptors (Lipinski definition) is 5. The van der Waals surface area contributed by atoms with Crippen molar-refractivity contribution in [1.82, 2.24) is 4.90 Å². The molecule has 18 heavy (non-hydrogen) atoms. The molecule has 0 spiro atoms. The Morgan fingerprint density at radius 2 is 2.28 bits per heavy atom. The minimum Gasteiger partial charge on any atom is -0.332 e. The molecule has 0 heterocycles. The Balaban J connectivity index is 4.82. The van der Waals surface area contributed by atoms with E-state index in [9.17, 15) is 14.3 Å². The average molecular weight is 279 g/mol. The largest absolute Gasteiger partial charge is 0.415 e. The van der Waals surface area contributed by atoms with Crippen molar-refractivity contribution in [3.05, 3.63) is 10.4 Å². The maximum Gasteiger partial charge on any atom is 0.415 e. The van der Waals surface area contributed by atoms with Crippen molar-refractivity contribution in [3.63, 3.8) is 0 Å². The van der Waals surface area contributed by atoms with E-state index < -0.39 is 19.3 Å². The van der Waals surface area contributed by atoms with Gasteiger partial charge in [0.1, 0.15) is 0 Å². The van der Waals surface area contributed by atoms with Crippen LogP contribution < -0.4 is 5.73 Å². The number of carbonyl (C=O) groups is 1. The van der Waals surface area contributed by atoms with Crippen LogP contribution in [0.25, 0.3) is 10.4 Å². The predicted octanol–water partition coefficient (Wildman–Crippen LogP) is 1.29. The van der Waals surface area contributed by atoms with Crippen LogP contribution in [-0.4, -0.2) is 47.7 Å². The maximum atomic E-state index is 11.8. The number of likely N-dealkylation sites (N-methyl/N-ethyl adjacent to an activating group) is 1. The summed E-state index contributed by atoms with van der Waals surface area (Å²) in [6, 6.07) is -0.638. The molecule has 0 rings (SSSR count). The van der Waals surface area contributed by atoms with Gasteiger partial charge in [0.2, 0.25) is 0 Å². The summed E-state index contributed by atoms with van der Waals surface area (Å²) in [5.41, 5.74) is 12.7. The first-order valence-electron chi connectivity index (χ1n) is 5.43. The quantitative estimate of drug-likeness (QED) is 0.298. The number of nitrogens with two attached hydrogens (primary N) is 1. The van der Waals surface area contributed by atoms with Crippen LogP contribution in [0.15, 0.2) is 5.11 Å². The zero-order chi connectivity index (χ0) is 14.2. The Morgan fingerprint density at radius 1 is 1.67 bits per heavy atom. The van der Waals surface area contributed by atoms with Gasteiger partial charge in [0, 0.05) is 24.5 Å². The monoisotopic (exact) mass is 279 g/mol. The molecule has 0 saturated carbocycles. The fourth-order valence-electron chi connectivity index (χ4n) is 1.24. The van der Waals surface area contributed by atoms with Gasteiger partial charge >= 0.3 is 13.2 Å². The summed E-state index contributed by atoms with van der Waals surface area (Å²) < 4.78 is 16.1. The number of hydrogen-bond donors (Lipinski definition) is 2. The molecule has 2 atom stereocenters. The van der Waals surface area contributed by atoms with Crippen LogP contribution in [0.3, 0.4) is 0 Å². The third-order valence-electron chi connectivity index (χ3n) is 2.12. The Morgan fingerprint density at radius 3 is 2.67 bits per heavy atom. The highest BCUT2D eigenvalue weighted by molar-refractivity contribution is 7.70. The number of rotatable bonds is 8. The smallest absolute Gasteiger partial charge is 0.332 e. The number of carbonyl (C=O) groups excluding carboxylic acids is 1. The summed E-state index contributed by atoms with van der Waals surface area (Å²) in [6.45, 7) is 3.30. The first-order valence-corrected chi connectivity index (χ1v) is 7.01. The van der Waals surface area contributed by atoms with Crippen molar-refractivity contribution in [2.75, 3.05) is 26.2 Å². The van der Waals surface area contributed by atoms with E-state index in [0.717, 1.165) is 4.90 Å². The van der Waals surface area contributed by atoms with Crippen molar-refractivity contribution in [3.8, 4) is 0 Å². The SMILES string of the molecule is CCOP(=O)(O)C(=O)N(CC)CC(CN)N=[N+]=[N-]. The molecule has 3 N–H and O–H groups in total. The molecule has 0 aliphatic carbocycles. The van der Waals surface area contributed by atoms with Crippen molar-refractivity contribution < 1.29 is 18.8 Å². The summed E-state index contributed by atoms with van der Waals surface area (Å²) in [4.78, 5) is 24.8. The van der Waals surface area contributed by atoms with Gasteiger partial charge < -0.3 is 20.1 Å². The van der Waals surface area contributed by atoms with Crippen LogP contribution in [0, 0.1) is 0 Å². The first-order chi connectivity index (χ1) is 8.42. The maximum absolute atomic E-state index is 11.8. The third kappa shape index (κ3) is 5.03. The fourth-order valence-corrected chi connectivity index (χ4v) is 2.28. The number of azide groups is 1. The van der Waals surface area contributed by atoms with Crippen LogP contribution in [0.5, 0.6) is 0 Å². The molecule has 0 aliphatic rings. The van der Waals surface area contributed by atoms with E-state index in [1.807, 2.05) is 0 Å². The molecule has 9 nitrogen and oxygen atoms in total. The lowest BCUT2D eigenvalue weighted by atomic mass is 10.3. The van der Waals surface area contributed by atoms with Gasteiger partial charge in [0.15, 0.2) is 0 Å².